The Bertz CT molecular complexity index is 1220. The van der Waals surface area contributed by atoms with Crippen LogP contribution in [0.1, 0.15) is 42.3 Å². The lowest BCUT2D eigenvalue weighted by atomic mass is 9.93. The van der Waals surface area contributed by atoms with E-state index in [1.165, 1.54) is 18.4 Å². The Morgan fingerprint density at radius 1 is 1.27 bits per heavy atom. The minimum Gasteiger partial charge on any atom is -0.382 e. The van der Waals surface area contributed by atoms with Gasteiger partial charge in [-0.25, -0.2) is 19.3 Å². The summed E-state index contributed by atoms with van der Waals surface area (Å²) in [5.74, 6) is 1.69. The number of nitrogens with two attached hydrogens (primary N) is 1. The number of allylic oxidation sites excluding steroid dienone is 3. The smallest absolute Gasteiger partial charge is 0.252 e. The molecule has 30 heavy (non-hydrogen) atoms. The molecule has 1 amide bonds. The summed E-state index contributed by atoms with van der Waals surface area (Å²) < 4.78 is 16.9. The van der Waals surface area contributed by atoms with E-state index in [1.807, 2.05) is 19.1 Å². The number of amides is 1. The first-order valence-electron chi connectivity index (χ1n) is 9.93. The Kier molecular flexibility index (Phi) is 4.34. The van der Waals surface area contributed by atoms with Crippen LogP contribution in [0.3, 0.4) is 0 Å². The number of hydrogen-bond acceptors (Lipinski definition) is 5. The van der Waals surface area contributed by atoms with E-state index < -0.39 is 6.17 Å². The molecular formula is C22H21FN6O. The highest BCUT2D eigenvalue weighted by Gasteiger charge is 2.28. The van der Waals surface area contributed by atoms with Gasteiger partial charge in [-0.05, 0) is 43.4 Å². The molecule has 0 radical (unpaired) electrons. The van der Waals surface area contributed by atoms with Crippen molar-refractivity contribution in [3.05, 3.63) is 65.5 Å². The maximum atomic E-state index is 15.1. The number of carbonyl (C=O) groups is 1. The highest BCUT2D eigenvalue weighted by molar-refractivity contribution is 6.04. The molecule has 0 aliphatic heterocycles. The highest BCUT2D eigenvalue weighted by Crippen LogP contribution is 2.40. The number of aromatic nitrogens is 4. The van der Waals surface area contributed by atoms with Crippen molar-refractivity contribution in [1.82, 2.24) is 19.4 Å². The van der Waals surface area contributed by atoms with Crippen LogP contribution in [0.25, 0.3) is 11.1 Å². The molecule has 2 aliphatic carbocycles. The third-order valence-corrected chi connectivity index (χ3v) is 5.60. The zero-order chi connectivity index (χ0) is 20.8. The highest BCUT2D eigenvalue weighted by atomic mass is 19.1. The Hall–Kier alpha value is -3.55. The summed E-state index contributed by atoms with van der Waals surface area (Å²) >= 11 is 0. The van der Waals surface area contributed by atoms with Crippen molar-refractivity contribution in [3.63, 3.8) is 0 Å². The second-order valence-electron chi connectivity index (χ2n) is 7.73. The zero-order valence-corrected chi connectivity index (χ0v) is 16.5. The van der Waals surface area contributed by atoms with Crippen LogP contribution in [0.2, 0.25) is 0 Å². The number of fused-ring (bicyclic) bond motifs is 1. The third kappa shape index (κ3) is 3.24. The molecule has 152 valence electrons. The van der Waals surface area contributed by atoms with Crippen LogP contribution in [-0.2, 0) is 4.79 Å². The number of nitrogen functional groups attached to an aromatic ring is 1. The fourth-order valence-electron chi connectivity index (χ4n) is 3.86. The summed E-state index contributed by atoms with van der Waals surface area (Å²) in [5.41, 5.74) is 8.98. The first-order chi connectivity index (χ1) is 14.5. The van der Waals surface area contributed by atoms with E-state index in [0.29, 0.717) is 39.9 Å². The molecular weight excluding hydrogens is 383 g/mol. The summed E-state index contributed by atoms with van der Waals surface area (Å²) in [6.07, 6.45) is 9.17. The van der Waals surface area contributed by atoms with Gasteiger partial charge in [-0.1, -0.05) is 12.2 Å². The molecule has 7 nitrogen and oxygen atoms in total. The molecule has 1 saturated carbocycles. The van der Waals surface area contributed by atoms with E-state index in [1.54, 1.807) is 35.1 Å². The Balaban J connectivity index is 1.42. The average Bonchev–Trinajstić information content (AvgIpc) is 3.53. The van der Waals surface area contributed by atoms with E-state index in [9.17, 15) is 4.79 Å². The molecule has 3 aromatic rings. The minimum absolute atomic E-state index is 0.0434. The van der Waals surface area contributed by atoms with Gasteiger partial charge in [0.2, 0.25) is 0 Å². The number of imidazole rings is 1. The number of pyridine rings is 1. The molecule has 0 aromatic carbocycles. The molecule has 5 rings (SSSR count). The SMILES string of the molecule is Cc1nc(C2=CC=C(C(=O)Nc3cc(C4CC4)ccn3)CC2F)c2c(N)nccn12. The van der Waals surface area contributed by atoms with Gasteiger partial charge in [-0.3, -0.25) is 9.20 Å². The fourth-order valence-corrected chi connectivity index (χ4v) is 3.86. The van der Waals surface area contributed by atoms with Crippen molar-refractivity contribution in [3.8, 4) is 0 Å². The summed E-state index contributed by atoms with van der Waals surface area (Å²) in [4.78, 5) is 25.5. The van der Waals surface area contributed by atoms with Crippen LogP contribution in [0.5, 0.6) is 0 Å². The Morgan fingerprint density at radius 3 is 2.87 bits per heavy atom. The van der Waals surface area contributed by atoms with Gasteiger partial charge in [-0.15, -0.1) is 0 Å². The second kappa shape index (κ2) is 7.05. The topological polar surface area (TPSA) is 98.2 Å². The lowest BCUT2D eigenvalue weighted by Gasteiger charge is -2.18. The van der Waals surface area contributed by atoms with Gasteiger partial charge in [0.05, 0.1) is 5.69 Å². The Labute approximate surface area is 172 Å². The van der Waals surface area contributed by atoms with Gasteiger partial charge >= 0.3 is 0 Å². The number of carbonyl (C=O) groups excluding carboxylic acids is 1. The minimum atomic E-state index is -1.38. The van der Waals surface area contributed by atoms with E-state index in [0.717, 1.165) is 0 Å². The van der Waals surface area contributed by atoms with Crippen molar-refractivity contribution < 1.29 is 9.18 Å². The van der Waals surface area contributed by atoms with Crippen LogP contribution in [0.4, 0.5) is 16.0 Å². The summed E-state index contributed by atoms with van der Waals surface area (Å²) in [7, 11) is 0. The number of hydrogen-bond donors (Lipinski definition) is 2. The maximum absolute atomic E-state index is 15.1. The number of nitrogens with zero attached hydrogens (tertiary/aromatic N) is 4. The molecule has 2 aliphatic rings. The van der Waals surface area contributed by atoms with Crippen LogP contribution in [0.15, 0.2) is 48.4 Å². The van der Waals surface area contributed by atoms with Gasteiger partial charge in [0.1, 0.15) is 29.1 Å². The normalized spacial score (nSPS) is 18.8. The molecule has 8 heteroatoms. The third-order valence-electron chi connectivity index (χ3n) is 5.60. The molecule has 0 bridgehead atoms. The lowest BCUT2D eigenvalue weighted by molar-refractivity contribution is -0.113. The Morgan fingerprint density at radius 2 is 2.10 bits per heavy atom. The predicted octanol–water partition coefficient (Wildman–Crippen LogP) is 3.58. The van der Waals surface area contributed by atoms with Crippen molar-refractivity contribution >= 4 is 28.6 Å². The largest absolute Gasteiger partial charge is 0.382 e. The van der Waals surface area contributed by atoms with Crippen LogP contribution < -0.4 is 11.1 Å². The van der Waals surface area contributed by atoms with Crippen molar-refractivity contribution in [2.45, 2.75) is 38.3 Å². The first-order valence-corrected chi connectivity index (χ1v) is 9.93. The quantitative estimate of drug-likeness (QED) is 0.693. The molecule has 0 saturated heterocycles. The molecule has 3 aromatic heterocycles. The van der Waals surface area contributed by atoms with Gasteiger partial charge in [-0.2, -0.15) is 0 Å². The number of rotatable bonds is 4. The number of halogens is 1. The van der Waals surface area contributed by atoms with E-state index in [-0.39, 0.29) is 18.1 Å². The molecule has 0 spiro atoms. The van der Waals surface area contributed by atoms with Gasteiger partial charge in [0.25, 0.3) is 5.91 Å². The van der Waals surface area contributed by atoms with E-state index in [4.69, 9.17) is 5.73 Å². The summed E-state index contributed by atoms with van der Waals surface area (Å²) in [6.45, 7) is 1.82. The van der Waals surface area contributed by atoms with Gasteiger partial charge < -0.3 is 11.1 Å². The van der Waals surface area contributed by atoms with Crippen LogP contribution >= 0.6 is 0 Å². The van der Waals surface area contributed by atoms with E-state index >= 15 is 4.39 Å². The molecule has 3 heterocycles. The fraction of sp³-hybridized carbons (Fsp3) is 0.273. The average molecular weight is 404 g/mol. The second-order valence-corrected chi connectivity index (χ2v) is 7.73. The van der Waals surface area contributed by atoms with Crippen LogP contribution in [0, 0.1) is 6.92 Å². The monoisotopic (exact) mass is 404 g/mol. The molecule has 1 atom stereocenters. The number of alkyl halides is 1. The summed E-state index contributed by atoms with van der Waals surface area (Å²) in [6, 6.07) is 3.86. The van der Waals surface area contributed by atoms with Crippen molar-refractivity contribution in [2.24, 2.45) is 0 Å². The molecule has 3 N–H and O–H groups in total. The molecule has 1 unspecified atom stereocenters. The van der Waals surface area contributed by atoms with Crippen molar-refractivity contribution in [2.75, 3.05) is 11.1 Å². The number of nitrogens with one attached hydrogen (secondary N) is 1. The number of aryl methyl sites for hydroxylation is 1. The van der Waals surface area contributed by atoms with Crippen LogP contribution in [-0.4, -0.2) is 31.4 Å². The maximum Gasteiger partial charge on any atom is 0.252 e. The number of anilines is 2. The first kappa shape index (κ1) is 18.5. The lowest BCUT2D eigenvalue weighted by Crippen LogP contribution is -2.20. The van der Waals surface area contributed by atoms with Gasteiger partial charge in [0.15, 0.2) is 0 Å². The standard InChI is InChI=1S/C22H21FN6O/c1-12-27-19(20-21(24)26-8-9-29(12)20)16-5-4-15(10-17(16)23)22(30)28-18-11-14(6-7-25-18)13-2-3-13/h4-9,11,13,17H,2-3,10H2,1H3,(H2,24,26)(H,25,28,30). The van der Waals surface area contributed by atoms with Gasteiger partial charge in [0, 0.05) is 36.2 Å². The van der Waals surface area contributed by atoms with Crippen molar-refractivity contribution in [1.29, 1.82) is 0 Å². The predicted molar refractivity (Wildman–Crippen MR) is 113 cm³/mol. The van der Waals surface area contributed by atoms with E-state index in [2.05, 4.69) is 20.3 Å². The summed E-state index contributed by atoms with van der Waals surface area (Å²) in [5, 5.41) is 2.79. The molecule has 1 fully saturated rings. The zero-order valence-electron chi connectivity index (χ0n) is 16.5.